The molecule has 0 unspecified atom stereocenters. The van der Waals surface area contributed by atoms with E-state index < -0.39 is 10.5 Å². The molecule has 2 atom stereocenters. The zero-order valence-corrected chi connectivity index (χ0v) is 15.7. The number of hydrogen-bond donors (Lipinski definition) is 1. The smallest absolute Gasteiger partial charge is 0.404 e. The molecular weight excluding hydrogens is 384 g/mol. The average Bonchev–Trinajstić information content (AvgIpc) is 3.42. The minimum Gasteiger partial charge on any atom is -0.404 e. The van der Waals surface area contributed by atoms with Gasteiger partial charge in [0.25, 0.3) is 5.91 Å². The van der Waals surface area contributed by atoms with Gasteiger partial charge in [0.1, 0.15) is 16.3 Å². The molecule has 11 heteroatoms. The Kier molecular flexibility index (Phi) is 5.60. The standard InChI is InChI=1S/C18H22N4O7/c23-17(15-4-6-20-29-15)19-9-13-3-5-18(28-13)11-21(7-8-26-12-18)10-14-1-2-16(27-14)22(24)25/h1-2,4,6,13H,3,5,7-12H2,(H,19,23)/t13-,18-/m1/s1. The van der Waals surface area contributed by atoms with E-state index in [4.69, 9.17) is 18.4 Å². The molecule has 2 aromatic rings. The van der Waals surface area contributed by atoms with Gasteiger partial charge in [-0.1, -0.05) is 5.16 Å². The van der Waals surface area contributed by atoms with Crippen LogP contribution in [0.2, 0.25) is 0 Å². The second-order valence-corrected chi connectivity index (χ2v) is 7.31. The molecule has 4 heterocycles. The number of carbonyl (C=O) groups excluding carboxylic acids is 1. The molecule has 2 aliphatic rings. The number of aromatic nitrogens is 1. The molecule has 2 aliphatic heterocycles. The molecule has 0 radical (unpaired) electrons. The number of carbonyl (C=O) groups is 1. The number of amides is 1. The first-order valence-corrected chi connectivity index (χ1v) is 9.43. The van der Waals surface area contributed by atoms with Gasteiger partial charge < -0.3 is 23.7 Å². The fraction of sp³-hybridized carbons (Fsp3) is 0.556. The summed E-state index contributed by atoms with van der Waals surface area (Å²) >= 11 is 0. The molecule has 11 nitrogen and oxygen atoms in total. The zero-order chi connectivity index (χ0) is 20.3. The molecule has 1 amide bonds. The van der Waals surface area contributed by atoms with Crippen molar-refractivity contribution < 1.29 is 28.1 Å². The Morgan fingerprint density at radius 3 is 3.07 bits per heavy atom. The van der Waals surface area contributed by atoms with Crippen LogP contribution in [0.4, 0.5) is 5.88 Å². The van der Waals surface area contributed by atoms with Gasteiger partial charge in [-0.15, -0.1) is 0 Å². The van der Waals surface area contributed by atoms with Crippen molar-refractivity contribution in [1.82, 2.24) is 15.4 Å². The summed E-state index contributed by atoms with van der Waals surface area (Å²) in [7, 11) is 0. The highest BCUT2D eigenvalue weighted by atomic mass is 16.6. The highest BCUT2D eigenvalue weighted by Crippen LogP contribution is 2.33. The number of rotatable bonds is 6. The Balaban J connectivity index is 1.33. The topological polar surface area (TPSA) is 133 Å². The summed E-state index contributed by atoms with van der Waals surface area (Å²) in [5.41, 5.74) is -0.476. The molecule has 2 aromatic heterocycles. The second-order valence-electron chi connectivity index (χ2n) is 7.31. The Labute approximate surface area is 166 Å². The first-order chi connectivity index (χ1) is 14.0. The lowest BCUT2D eigenvalue weighted by molar-refractivity contribution is -0.402. The second kappa shape index (κ2) is 8.31. The third-order valence-electron chi connectivity index (χ3n) is 5.13. The molecule has 0 saturated carbocycles. The lowest BCUT2D eigenvalue weighted by atomic mass is 10.00. The maximum Gasteiger partial charge on any atom is 0.433 e. The molecular formula is C18H22N4O7. The van der Waals surface area contributed by atoms with E-state index in [0.717, 1.165) is 12.8 Å². The van der Waals surface area contributed by atoms with Crippen molar-refractivity contribution >= 4 is 11.8 Å². The van der Waals surface area contributed by atoms with Crippen molar-refractivity contribution in [3.8, 4) is 0 Å². The zero-order valence-electron chi connectivity index (χ0n) is 15.7. The van der Waals surface area contributed by atoms with E-state index >= 15 is 0 Å². The van der Waals surface area contributed by atoms with E-state index in [1.165, 1.54) is 18.3 Å². The number of nitrogens with zero attached hydrogens (tertiary/aromatic N) is 3. The summed E-state index contributed by atoms with van der Waals surface area (Å²) in [6.45, 7) is 3.11. The van der Waals surface area contributed by atoms with Gasteiger partial charge in [-0.25, -0.2) is 0 Å². The van der Waals surface area contributed by atoms with Crippen LogP contribution < -0.4 is 5.32 Å². The van der Waals surface area contributed by atoms with Crippen LogP contribution in [0.3, 0.4) is 0 Å². The maximum atomic E-state index is 12.0. The van der Waals surface area contributed by atoms with Gasteiger partial charge in [-0.2, -0.15) is 0 Å². The number of nitrogens with one attached hydrogen (secondary N) is 1. The molecule has 2 fully saturated rings. The van der Waals surface area contributed by atoms with Gasteiger partial charge >= 0.3 is 5.88 Å². The summed E-state index contributed by atoms with van der Waals surface area (Å²) in [6.07, 6.45) is 2.88. The summed E-state index contributed by atoms with van der Waals surface area (Å²) in [6, 6.07) is 4.48. The third kappa shape index (κ3) is 4.63. The lowest BCUT2D eigenvalue weighted by Gasteiger charge is -2.31. The molecule has 0 aromatic carbocycles. The van der Waals surface area contributed by atoms with Gasteiger partial charge in [0.2, 0.25) is 5.76 Å². The van der Waals surface area contributed by atoms with Crippen molar-refractivity contribution in [1.29, 1.82) is 0 Å². The first kappa shape index (κ1) is 19.6. The molecule has 2 saturated heterocycles. The minimum absolute atomic E-state index is 0.130. The SMILES string of the molecule is O=C(NC[C@H]1CC[C@@]2(COCCN(Cc3ccc([N+](=O)[O-])o3)C2)O1)c1ccno1. The third-order valence-corrected chi connectivity index (χ3v) is 5.13. The largest absolute Gasteiger partial charge is 0.433 e. The van der Waals surface area contributed by atoms with Crippen LogP contribution in [-0.4, -0.2) is 65.4 Å². The predicted molar refractivity (Wildman–Crippen MR) is 97.1 cm³/mol. The van der Waals surface area contributed by atoms with E-state index in [1.54, 1.807) is 6.07 Å². The highest BCUT2D eigenvalue weighted by molar-refractivity contribution is 5.91. The van der Waals surface area contributed by atoms with Crippen LogP contribution in [0.25, 0.3) is 0 Å². The Morgan fingerprint density at radius 2 is 2.31 bits per heavy atom. The molecule has 1 N–H and O–H groups in total. The number of ether oxygens (including phenoxy) is 2. The molecule has 1 spiro atoms. The van der Waals surface area contributed by atoms with Crippen molar-refractivity contribution in [3.05, 3.63) is 46.0 Å². The fourth-order valence-electron chi connectivity index (χ4n) is 3.78. The van der Waals surface area contributed by atoms with Crippen LogP contribution in [0.1, 0.15) is 29.2 Å². The van der Waals surface area contributed by atoms with Crippen LogP contribution >= 0.6 is 0 Å². The van der Waals surface area contributed by atoms with Crippen LogP contribution in [0.15, 0.2) is 33.3 Å². The molecule has 4 rings (SSSR count). The minimum atomic E-state index is -0.547. The average molecular weight is 406 g/mol. The van der Waals surface area contributed by atoms with Crippen molar-refractivity contribution in [2.45, 2.75) is 31.1 Å². The first-order valence-electron chi connectivity index (χ1n) is 9.43. The summed E-state index contributed by atoms with van der Waals surface area (Å²) in [5.74, 6) is 0.0996. The molecule has 29 heavy (non-hydrogen) atoms. The predicted octanol–water partition coefficient (Wildman–Crippen LogP) is 1.36. The normalized spacial score (nSPS) is 25.2. The number of hydrogen-bond acceptors (Lipinski definition) is 9. The molecule has 156 valence electrons. The lowest BCUT2D eigenvalue weighted by Crippen LogP contribution is -2.45. The Bertz CT molecular complexity index is 852. The number of furan rings is 1. The van der Waals surface area contributed by atoms with Crippen LogP contribution in [-0.2, 0) is 16.0 Å². The molecule has 0 aliphatic carbocycles. The Morgan fingerprint density at radius 1 is 1.41 bits per heavy atom. The quantitative estimate of drug-likeness (QED) is 0.557. The van der Waals surface area contributed by atoms with Crippen LogP contribution in [0.5, 0.6) is 0 Å². The number of nitro groups is 1. The Hall–Kier alpha value is -2.76. The monoisotopic (exact) mass is 406 g/mol. The summed E-state index contributed by atoms with van der Waals surface area (Å²) in [4.78, 5) is 24.4. The van der Waals surface area contributed by atoms with Gasteiger partial charge in [-0.05, 0) is 18.9 Å². The van der Waals surface area contributed by atoms with Gasteiger partial charge in [0.15, 0.2) is 0 Å². The van der Waals surface area contributed by atoms with Crippen molar-refractivity contribution in [2.24, 2.45) is 0 Å². The van der Waals surface area contributed by atoms with Crippen molar-refractivity contribution in [3.63, 3.8) is 0 Å². The van der Waals surface area contributed by atoms with E-state index in [9.17, 15) is 14.9 Å². The van der Waals surface area contributed by atoms with Gasteiger partial charge in [0.05, 0.1) is 38.1 Å². The molecule has 0 bridgehead atoms. The fourth-order valence-corrected chi connectivity index (χ4v) is 3.78. The van der Waals surface area contributed by atoms with E-state index in [2.05, 4.69) is 15.4 Å². The summed E-state index contributed by atoms with van der Waals surface area (Å²) < 4.78 is 22.2. The van der Waals surface area contributed by atoms with Gasteiger partial charge in [-0.3, -0.25) is 19.8 Å². The maximum absolute atomic E-state index is 12.0. The van der Waals surface area contributed by atoms with Crippen molar-refractivity contribution in [2.75, 3.05) is 32.8 Å². The summed E-state index contributed by atoms with van der Waals surface area (Å²) in [5, 5.41) is 17.1. The van der Waals surface area contributed by atoms with E-state index in [1.807, 2.05) is 0 Å². The highest BCUT2D eigenvalue weighted by Gasteiger charge is 2.43. The van der Waals surface area contributed by atoms with Gasteiger partial charge in [0, 0.05) is 25.7 Å². The van der Waals surface area contributed by atoms with E-state index in [0.29, 0.717) is 45.2 Å². The van der Waals surface area contributed by atoms with E-state index in [-0.39, 0.29) is 23.7 Å². The van der Waals surface area contributed by atoms with Crippen LogP contribution in [0, 0.1) is 10.1 Å².